The average Bonchev–Trinajstić information content (AvgIpc) is 0. The van der Waals surface area contributed by atoms with Gasteiger partial charge in [-0.3, -0.25) is 0 Å². The molecule has 0 rings (SSSR count). The zero-order valence-electron chi connectivity index (χ0n) is 2.06. The molecule has 0 heterocycles. The molecule has 0 bridgehead atoms. The van der Waals surface area contributed by atoms with Crippen LogP contribution in [-0.2, 0) is 17.1 Å². The van der Waals surface area contributed by atoms with E-state index in [9.17, 15) is 0 Å². The van der Waals surface area contributed by atoms with Crippen molar-refractivity contribution in [2.45, 2.75) is 0 Å². The van der Waals surface area contributed by atoms with E-state index in [0.29, 0.717) is 0 Å². The van der Waals surface area contributed by atoms with E-state index >= 15 is 0 Å². The Morgan fingerprint density at radius 3 is 0.750 bits per heavy atom. The van der Waals surface area contributed by atoms with Gasteiger partial charge in [0.1, 0.15) is 0 Å². The molecule has 4 N–H and O–H groups in total. The number of rotatable bonds is 0. The van der Waals surface area contributed by atoms with Crippen molar-refractivity contribution in [1.82, 2.24) is 6.15 Å². The van der Waals surface area contributed by atoms with Crippen molar-refractivity contribution in [1.29, 1.82) is 0 Å². The van der Waals surface area contributed by atoms with E-state index in [2.05, 4.69) is 0 Å². The third-order valence-corrected chi connectivity index (χ3v) is 0. The molecule has 0 fully saturated rings. The number of hydrogen-bond donors (Lipinski definition) is 1. The zero-order chi connectivity index (χ0) is 0. The second-order valence-corrected chi connectivity index (χ2v) is 0. The van der Waals surface area contributed by atoms with Crippen LogP contribution in [-0.4, -0.2) is 0 Å². The van der Waals surface area contributed by atoms with Crippen molar-refractivity contribution in [2.75, 3.05) is 0 Å². The van der Waals surface area contributed by atoms with Crippen molar-refractivity contribution in [3.8, 4) is 0 Å². The van der Waals surface area contributed by atoms with E-state index < -0.39 is 0 Å². The maximum atomic E-state index is 0. The van der Waals surface area contributed by atoms with Crippen LogP contribution in [0.15, 0.2) is 0 Å². The molecule has 0 aromatic carbocycles. The molecule has 0 atom stereocenters. The molecule has 0 aliphatic heterocycles. The molecule has 0 radical (unpaired) electrons. The largest absolute Gasteiger partial charge is 1.00 e. The smallest absolute Gasteiger partial charge is 1.00 e. The van der Waals surface area contributed by atoms with Crippen LogP contribution in [0.2, 0.25) is 0 Å². The minimum absolute atomic E-state index is 0. The normalized spacial score (nSPS) is 0. The molecule has 0 saturated carbocycles. The van der Waals surface area contributed by atoms with Gasteiger partial charge in [-0.15, -0.1) is 0 Å². The fourth-order valence-corrected chi connectivity index (χ4v) is 0. The molecule has 0 saturated heterocycles. The molecular weight excluding hydrogens is 148 g/mol. The first-order valence-electron chi connectivity index (χ1n) is 0. The Bertz CT molecular complexity index is 6.00. The van der Waals surface area contributed by atoms with Crippen molar-refractivity contribution in [3.05, 3.63) is 0 Å². The van der Waals surface area contributed by atoms with Gasteiger partial charge in [-0.05, 0) is 0 Å². The van der Waals surface area contributed by atoms with Crippen molar-refractivity contribution in [2.24, 2.45) is 0 Å². The first-order chi connectivity index (χ1) is 0. The second kappa shape index (κ2) is 33.9. The summed E-state index contributed by atoms with van der Waals surface area (Å²) in [5, 5.41) is 0. The summed E-state index contributed by atoms with van der Waals surface area (Å²) in [7, 11) is 0. The summed E-state index contributed by atoms with van der Waals surface area (Å²) in [5.74, 6) is 0. The van der Waals surface area contributed by atoms with E-state index in [-0.39, 0.29) is 48.0 Å². The Labute approximate surface area is 48.4 Å². The fraction of sp³-hybridized carbons (Fsp3) is 0. The van der Waals surface area contributed by atoms with Crippen LogP contribution >= 0.6 is 0 Å². The van der Waals surface area contributed by atoms with Crippen LogP contribution in [0.25, 0.3) is 0 Å². The Morgan fingerprint density at radius 2 is 0.750 bits per heavy atom. The quantitative estimate of drug-likeness (QED) is 0.336. The first kappa shape index (κ1) is 74.3. The summed E-state index contributed by atoms with van der Waals surface area (Å²) < 4.78 is 0. The van der Waals surface area contributed by atoms with E-state index in [1.54, 1.807) is 0 Å². The summed E-state index contributed by atoms with van der Waals surface area (Å²) in [4.78, 5) is 0. The standard InChI is InChI=1S/2ClH.Cu.H3N/h2*1H;;1H3/q;;+1;/p-1. The Kier molecular flexibility index (Phi) is 629. The van der Waals surface area contributed by atoms with Crippen LogP contribution in [0.5, 0.6) is 0 Å². The Balaban J connectivity index is 0. The maximum Gasteiger partial charge on any atom is 1.00 e. The van der Waals surface area contributed by atoms with E-state index in [1.165, 1.54) is 0 Å². The van der Waals surface area contributed by atoms with Gasteiger partial charge in [-0.25, -0.2) is 0 Å². The molecule has 0 aliphatic rings. The fourth-order valence-electron chi connectivity index (χ4n) is 0. The Hall–Kier alpha value is 1.06. The molecular formula is H4Cl2CuN. The monoisotopic (exact) mass is 151 g/mol. The third kappa shape index (κ3) is 11.6. The Morgan fingerprint density at radius 1 is 0.750 bits per heavy atom. The molecule has 0 amide bonds. The minimum Gasteiger partial charge on any atom is -1.00 e. The van der Waals surface area contributed by atoms with Gasteiger partial charge in [-0.1, -0.05) is 0 Å². The van der Waals surface area contributed by atoms with Crippen LogP contribution in [0, 0.1) is 0 Å². The van der Waals surface area contributed by atoms with E-state index in [4.69, 9.17) is 0 Å². The molecule has 0 aromatic rings. The van der Waals surface area contributed by atoms with Gasteiger partial charge in [0.05, 0.1) is 0 Å². The molecule has 0 aromatic heterocycles. The summed E-state index contributed by atoms with van der Waals surface area (Å²) in [5.41, 5.74) is 0. The summed E-state index contributed by atoms with van der Waals surface area (Å²) in [6, 6.07) is 0. The van der Waals surface area contributed by atoms with Crippen molar-refractivity contribution in [3.63, 3.8) is 0 Å². The first-order valence-corrected chi connectivity index (χ1v) is 0. The van der Waals surface area contributed by atoms with Gasteiger partial charge in [-0.2, -0.15) is 0 Å². The van der Waals surface area contributed by atoms with Crippen molar-refractivity contribution >= 4 is 0 Å². The van der Waals surface area contributed by atoms with Gasteiger partial charge < -0.3 is 31.0 Å². The summed E-state index contributed by atoms with van der Waals surface area (Å²) in [6.45, 7) is 0. The van der Waals surface area contributed by atoms with Crippen LogP contribution in [0.3, 0.4) is 0 Å². The molecule has 0 unspecified atom stereocenters. The van der Waals surface area contributed by atoms with Crippen molar-refractivity contribution < 1.29 is 41.9 Å². The van der Waals surface area contributed by atoms with Gasteiger partial charge in [0, 0.05) is 0 Å². The molecule has 4 heavy (non-hydrogen) atoms. The van der Waals surface area contributed by atoms with Crippen LogP contribution < -0.4 is 31.0 Å². The molecule has 34 valence electrons. The molecule has 0 spiro atoms. The van der Waals surface area contributed by atoms with E-state index in [1.807, 2.05) is 0 Å². The predicted molar refractivity (Wildman–Crippen MR) is 5.98 cm³/mol. The molecule has 4 heteroatoms. The molecule has 1 nitrogen and oxygen atoms in total. The number of quaternary nitrogens is 1. The van der Waals surface area contributed by atoms with Gasteiger partial charge in [0.25, 0.3) is 0 Å². The van der Waals surface area contributed by atoms with Gasteiger partial charge >= 0.3 is 17.1 Å². The van der Waals surface area contributed by atoms with Crippen LogP contribution in [0.1, 0.15) is 0 Å². The second-order valence-electron chi connectivity index (χ2n) is 0. The minimum atomic E-state index is 0. The topological polar surface area (TPSA) is 36.5 Å². The molecule has 0 aliphatic carbocycles. The van der Waals surface area contributed by atoms with Gasteiger partial charge in [0.2, 0.25) is 0 Å². The number of hydrogen-bond acceptors (Lipinski definition) is 0. The average molecular weight is 152 g/mol. The number of halogens is 2. The third-order valence-electron chi connectivity index (χ3n) is 0. The van der Waals surface area contributed by atoms with E-state index in [0.717, 1.165) is 0 Å². The van der Waals surface area contributed by atoms with Gasteiger partial charge in [0.15, 0.2) is 0 Å². The zero-order valence-corrected chi connectivity index (χ0v) is 4.51. The SMILES string of the molecule is [Cl-].[Cl-].[Cu+].[NH4+]. The summed E-state index contributed by atoms with van der Waals surface area (Å²) >= 11 is 0. The summed E-state index contributed by atoms with van der Waals surface area (Å²) in [6.07, 6.45) is 0. The van der Waals surface area contributed by atoms with Crippen LogP contribution in [0.4, 0.5) is 0 Å². The predicted octanol–water partition coefficient (Wildman–Crippen LogP) is -5.62. The maximum absolute atomic E-state index is 0.